The molecule has 2 aromatic carbocycles. The minimum atomic E-state index is -0.415. The summed E-state index contributed by atoms with van der Waals surface area (Å²) in [7, 11) is 0. The molecular weight excluding hydrogens is 366 g/mol. The lowest BCUT2D eigenvalue weighted by molar-refractivity contribution is -0.122. The normalized spacial score (nSPS) is 16.9. The van der Waals surface area contributed by atoms with Crippen LogP contribution < -0.4 is 10.2 Å². The van der Waals surface area contributed by atoms with Crippen molar-refractivity contribution in [3.05, 3.63) is 52.9 Å². The molecule has 27 heavy (non-hydrogen) atoms. The summed E-state index contributed by atoms with van der Waals surface area (Å²) in [5.74, 6) is -0.0926. The number of hydrogen-bond donors (Lipinski definition) is 1. The number of fused-ring (bicyclic) bond motifs is 1. The molecule has 2 heterocycles. The maximum Gasteiger partial charge on any atom is 0.229 e. The molecule has 4 rings (SSSR count). The van der Waals surface area contributed by atoms with Crippen LogP contribution in [0.25, 0.3) is 11.1 Å². The molecule has 3 aromatic rings. The number of nitrogens with one attached hydrogen (secondary N) is 1. The Labute approximate surface area is 161 Å². The summed E-state index contributed by atoms with van der Waals surface area (Å²) in [6.07, 6.45) is 0.175. The first-order valence-corrected chi connectivity index (χ1v) is 9.03. The molecule has 1 aromatic heterocycles. The quantitative estimate of drug-likeness (QED) is 0.739. The predicted octanol–water partition coefficient (Wildman–Crippen LogP) is 4.09. The summed E-state index contributed by atoms with van der Waals surface area (Å²) in [5.41, 5.74) is 3.68. The number of aromatic nitrogens is 1. The minimum absolute atomic E-state index is 0.0810. The Morgan fingerprint density at radius 1 is 1.26 bits per heavy atom. The van der Waals surface area contributed by atoms with Crippen molar-refractivity contribution in [3.63, 3.8) is 0 Å². The van der Waals surface area contributed by atoms with E-state index in [1.165, 1.54) is 0 Å². The number of hydrogen-bond acceptors (Lipinski definition) is 4. The summed E-state index contributed by atoms with van der Waals surface area (Å²) in [4.78, 5) is 31.0. The first kappa shape index (κ1) is 17.5. The lowest BCUT2D eigenvalue weighted by atomic mass is 10.1. The maximum atomic E-state index is 12.6. The first-order chi connectivity index (χ1) is 12.9. The van der Waals surface area contributed by atoms with Crippen LogP contribution in [0.4, 0.5) is 11.4 Å². The van der Waals surface area contributed by atoms with E-state index in [0.29, 0.717) is 34.2 Å². The van der Waals surface area contributed by atoms with Gasteiger partial charge in [0.05, 0.1) is 5.92 Å². The molecular formula is C20H18ClN3O3. The van der Waals surface area contributed by atoms with Gasteiger partial charge in [-0.15, -0.1) is 0 Å². The van der Waals surface area contributed by atoms with E-state index in [4.69, 9.17) is 16.0 Å². The highest BCUT2D eigenvalue weighted by atomic mass is 35.5. The molecule has 0 aliphatic carbocycles. The van der Waals surface area contributed by atoms with Gasteiger partial charge < -0.3 is 14.6 Å². The summed E-state index contributed by atoms with van der Waals surface area (Å²) in [6.45, 7) is 3.99. The molecule has 0 spiro atoms. The minimum Gasteiger partial charge on any atom is -0.441 e. The van der Waals surface area contributed by atoms with E-state index in [9.17, 15) is 9.59 Å². The predicted molar refractivity (Wildman–Crippen MR) is 104 cm³/mol. The van der Waals surface area contributed by atoms with Gasteiger partial charge >= 0.3 is 0 Å². The zero-order valence-electron chi connectivity index (χ0n) is 15.0. The number of carbonyl (C=O) groups excluding carboxylic acids is 2. The Bertz CT molecular complexity index is 1060. The highest BCUT2D eigenvalue weighted by molar-refractivity contribution is 6.30. The van der Waals surface area contributed by atoms with E-state index in [1.807, 2.05) is 19.1 Å². The molecule has 1 atom stereocenters. The van der Waals surface area contributed by atoms with Crippen molar-refractivity contribution >= 4 is 45.9 Å². The van der Waals surface area contributed by atoms with E-state index in [-0.39, 0.29) is 18.2 Å². The van der Waals surface area contributed by atoms with Crippen LogP contribution in [0.5, 0.6) is 0 Å². The van der Waals surface area contributed by atoms with Crippen molar-refractivity contribution in [1.29, 1.82) is 0 Å². The first-order valence-electron chi connectivity index (χ1n) is 8.65. The monoisotopic (exact) mass is 383 g/mol. The third-order valence-electron chi connectivity index (χ3n) is 4.73. The Morgan fingerprint density at radius 2 is 2.07 bits per heavy atom. The van der Waals surface area contributed by atoms with Gasteiger partial charge in [0.15, 0.2) is 11.5 Å². The van der Waals surface area contributed by atoms with Gasteiger partial charge in [0, 0.05) is 36.3 Å². The Balaban J connectivity index is 1.51. The van der Waals surface area contributed by atoms with E-state index in [2.05, 4.69) is 10.3 Å². The molecule has 0 unspecified atom stereocenters. The van der Waals surface area contributed by atoms with Crippen molar-refractivity contribution < 1.29 is 14.0 Å². The van der Waals surface area contributed by atoms with Crippen LogP contribution >= 0.6 is 11.6 Å². The molecule has 0 radical (unpaired) electrons. The van der Waals surface area contributed by atoms with Crippen molar-refractivity contribution in [3.8, 4) is 0 Å². The number of aryl methyl sites for hydroxylation is 2. The zero-order valence-corrected chi connectivity index (χ0v) is 15.7. The zero-order chi connectivity index (χ0) is 19.1. The van der Waals surface area contributed by atoms with Crippen LogP contribution in [0.2, 0.25) is 5.02 Å². The van der Waals surface area contributed by atoms with Crippen molar-refractivity contribution in [2.45, 2.75) is 20.3 Å². The highest BCUT2D eigenvalue weighted by Crippen LogP contribution is 2.29. The largest absolute Gasteiger partial charge is 0.441 e. The summed E-state index contributed by atoms with van der Waals surface area (Å²) in [6, 6.07) is 10.7. The van der Waals surface area contributed by atoms with Crippen LogP contribution in [-0.4, -0.2) is 23.3 Å². The molecule has 1 aliphatic heterocycles. The number of anilines is 2. The van der Waals surface area contributed by atoms with Crippen molar-refractivity contribution in [1.82, 2.24) is 4.98 Å². The topological polar surface area (TPSA) is 75.4 Å². The van der Waals surface area contributed by atoms with Gasteiger partial charge in [-0.25, -0.2) is 4.98 Å². The van der Waals surface area contributed by atoms with Gasteiger partial charge in [0.2, 0.25) is 11.8 Å². The molecule has 2 amide bonds. The second kappa shape index (κ2) is 6.70. The van der Waals surface area contributed by atoms with Gasteiger partial charge in [-0.3, -0.25) is 9.59 Å². The molecule has 6 nitrogen and oxygen atoms in total. The second-order valence-corrected chi connectivity index (χ2v) is 7.18. The summed E-state index contributed by atoms with van der Waals surface area (Å²) >= 11 is 5.95. The molecule has 0 bridgehead atoms. The molecule has 7 heteroatoms. The van der Waals surface area contributed by atoms with Crippen molar-refractivity contribution in [2.75, 3.05) is 16.8 Å². The van der Waals surface area contributed by atoms with Crippen LogP contribution in [0.3, 0.4) is 0 Å². The number of benzene rings is 2. The lowest BCUT2D eigenvalue weighted by Gasteiger charge is -2.17. The average molecular weight is 384 g/mol. The molecule has 138 valence electrons. The highest BCUT2D eigenvalue weighted by Gasteiger charge is 2.35. The molecule has 1 aliphatic rings. The standard InChI is InChI=1S/C20H18ClN3O3/c1-11-7-14(21)3-5-16(11)23-20(26)13-8-19(25)24(10-13)15-4-6-18-17(9-15)22-12(2)27-18/h3-7,9,13H,8,10H2,1-2H3,(H,23,26)/t13-/m0/s1. The smallest absolute Gasteiger partial charge is 0.229 e. The van der Waals surface area contributed by atoms with E-state index in [1.54, 1.807) is 36.1 Å². The molecule has 0 saturated carbocycles. The van der Waals surface area contributed by atoms with Crippen LogP contribution in [0.1, 0.15) is 17.9 Å². The van der Waals surface area contributed by atoms with Gasteiger partial charge in [-0.2, -0.15) is 0 Å². The molecule has 1 saturated heterocycles. The van der Waals surface area contributed by atoms with Gasteiger partial charge in [-0.05, 0) is 48.9 Å². The van der Waals surface area contributed by atoms with Crippen LogP contribution in [-0.2, 0) is 9.59 Å². The summed E-state index contributed by atoms with van der Waals surface area (Å²) < 4.78 is 5.47. The summed E-state index contributed by atoms with van der Waals surface area (Å²) in [5, 5.41) is 3.52. The fourth-order valence-electron chi connectivity index (χ4n) is 3.33. The fraction of sp³-hybridized carbons (Fsp3) is 0.250. The van der Waals surface area contributed by atoms with E-state index in [0.717, 1.165) is 11.3 Å². The molecule has 1 N–H and O–H groups in total. The Hall–Kier alpha value is -2.86. The fourth-order valence-corrected chi connectivity index (χ4v) is 3.56. The van der Waals surface area contributed by atoms with E-state index < -0.39 is 5.92 Å². The Kier molecular flexibility index (Phi) is 4.36. The number of rotatable bonds is 3. The molecule has 1 fully saturated rings. The number of carbonyl (C=O) groups is 2. The SMILES string of the molecule is Cc1nc2cc(N3C[C@@H](C(=O)Nc4ccc(Cl)cc4C)CC3=O)ccc2o1. The van der Waals surface area contributed by atoms with E-state index >= 15 is 0 Å². The van der Waals surface area contributed by atoms with Crippen LogP contribution in [0.15, 0.2) is 40.8 Å². The van der Waals surface area contributed by atoms with Crippen molar-refractivity contribution in [2.24, 2.45) is 5.92 Å². The lowest BCUT2D eigenvalue weighted by Crippen LogP contribution is -2.28. The third kappa shape index (κ3) is 3.40. The van der Waals surface area contributed by atoms with Gasteiger partial charge in [0.25, 0.3) is 0 Å². The number of amides is 2. The maximum absolute atomic E-state index is 12.6. The second-order valence-electron chi connectivity index (χ2n) is 6.74. The Morgan fingerprint density at radius 3 is 2.85 bits per heavy atom. The number of nitrogens with zero attached hydrogens (tertiary/aromatic N) is 2. The number of halogens is 1. The third-order valence-corrected chi connectivity index (χ3v) is 4.97. The van der Waals surface area contributed by atoms with Gasteiger partial charge in [0.1, 0.15) is 5.52 Å². The average Bonchev–Trinajstić information content (AvgIpc) is 3.18. The number of oxazole rings is 1. The van der Waals surface area contributed by atoms with Gasteiger partial charge in [-0.1, -0.05) is 11.6 Å². The van der Waals surface area contributed by atoms with Crippen LogP contribution in [0, 0.1) is 19.8 Å².